The van der Waals surface area contributed by atoms with Gasteiger partial charge in [0, 0.05) is 42.0 Å². The van der Waals surface area contributed by atoms with Crippen LogP contribution in [0, 0.1) is 5.92 Å². The number of carbonyl (C=O) groups is 1. The predicted molar refractivity (Wildman–Crippen MR) is 122 cm³/mol. The molecule has 5 heteroatoms. The van der Waals surface area contributed by atoms with Crippen LogP contribution < -0.4 is 14.8 Å². The molecule has 0 saturated heterocycles. The number of methoxy groups -OCH3 is 2. The summed E-state index contributed by atoms with van der Waals surface area (Å²) in [6.07, 6.45) is 3.34. The van der Waals surface area contributed by atoms with E-state index in [4.69, 9.17) is 9.47 Å². The van der Waals surface area contributed by atoms with Gasteiger partial charge in [0.1, 0.15) is 11.5 Å². The molecule has 1 unspecified atom stereocenters. The lowest BCUT2D eigenvalue weighted by atomic mass is 9.87. The Morgan fingerprint density at radius 2 is 1.80 bits per heavy atom. The average Bonchev–Trinajstić information content (AvgIpc) is 3.19. The smallest absolute Gasteiger partial charge is 0.220 e. The standard InChI is InChI=1S/C25H32N2O3/c1-6-17-8-7-9-21-23(15-27-25(17)21)22(13-24(28)26-14-16(2)3)18-10-19(29-4)12-20(11-18)30-5/h7-12,15-16,22,27H,6,13-14H2,1-5H3,(H,26,28). The van der Waals surface area contributed by atoms with Crippen molar-refractivity contribution in [2.24, 2.45) is 5.92 Å². The number of amides is 1. The number of fused-ring (bicyclic) bond motifs is 1. The van der Waals surface area contributed by atoms with E-state index < -0.39 is 0 Å². The molecule has 0 bridgehead atoms. The molecule has 0 spiro atoms. The van der Waals surface area contributed by atoms with Crippen molar-refractivity contribution in [2.45, 2.75) is 39.5 Å². The summed E-state index contributed by atoms with van der Waals surface area (Å²) >= 11 is 0. The normalized spacial score (nSPS) is 12.2. The van der Waals surface area contributed by atoms with Gasteiger partial charge in [-0.1, -0.05) is 39.0 Å². The summed E-state index contributed by atoms with van der Waals surface area (Å²) in [7, 11) is 3.28. The summed E-state index contributed by atoms with van der Waals surface area (Å²) in [4.78, 5) is 16.3. The van der Waals surface area contributed by atoms with E-state index in [2.05, 4.69) is 49.3 Å². The number of carbonyl (C=O) groups excluding carboxylic acids is 1. The summed E-state index contributed by atoms with van der Waals surface area (Å²) in [5.41, 5.74) is 4.51. The van der Waals surface area contributed by atoms with Crippen LogP contribution in [0.15, 0.2) is 42.6 Å². The summed E-state index contributed by atoms with van der Waals surface area (Å²) in [5, 5.41) is 4.21. The van der Waals surface area contributed by atoms with Crippen LogP contribution in [0.25, 0.3) is 10.9 Å². The van der Waals surface area contributed by atoms with Crippen LogP contribution in [0.4, 0.5) is 0 Å². The third kappa shape index (κ3) is 4.78. The Kier molecular flexibility index (Phi) is 7.03. The zero-order valence-corrected chi connectivity index (χ0v) is 18.5. The van der Waals surface area contributed by atoms with Crippen molar-refractivity contribution < 1.29 is 14.3 Å². The number of aryl methyl sites for hydroxylation is 1. The number of nitrogens with one attached hydrogen (secondary N) is 2. The van der Waals surface area contributed by atoms with Gasteiger partial charge in [-0.25, -0.2) is 0 Å². The van der Waals surface area contributed by atoms with Gasteiger partial charge >= 0.3 is 0 Å². The van der Waals surface area contributed by atoms with Gasteiger partial charge in [-0.2, -0.15) is 0 Å². The third-order valence-electron chi connectivity index (χ3n) is 5.46. The molecule has 2 aromatic carbocycles. The van der Waals surface area contributed by atoms with E-state index in [1.807, 2.05) is 24.4 Å². The van der Waals surface area contributed by atoms with Crippen molar-refractivity contribution >= 4 is 16.8 Å². The molecule has 3 aromatic rings. The number of para-hydroxylation sites is 1. The lowest BCUT2D eigenvalue weighted by Gasteiger charge is -2.19. The lowest BCUT2D eigenvalue weighted by Crippen LogP contribution is -2.28. The highest BCUT2D eigenvalue weighted by atomic mass is 16.5. The quantitative estimate of drug-likeness (QED) is 0.521. The summed E-state index contributed by atoms with van der Waals surface area (Å²) < 4.78 is 11.0. The van der Waals surface area contributed by atoms with Crippen LogP contribution >= 0.6 is 0 Å². The van der Waals surface area contributed by atoms with Crippen LogP contribution in [0.2, 0.25) is 0 Å². The van der Waals surface area contributed by atoms with Gasteiger partial charge in [-0.3, -0.25) is 4.79 Å². The number of hydrogen-bond acceptors (Lipinski definition) is 3. The first kappa shape index (κ1) is 21.8. The number of aromatic amines is 1. The number of aromatic nitrogens is 1. The molecular formula is C25H32N2O3. The maximum Gasteiger partial charge on any atom is 0.220 e. The topological polar surface area (TPSA) is 63.4 Å². The van der Waals surface area contributed by atoms with E-state index in [0.717, 1.165) is 28.5 Å². The SMILES string of the molecule is CCc1cccc2c(C(CC(=O)NCC(C)C)c3cc(OC)cc(OC)c3)c[nH]c12. The Balaban J connectivity index is 2.08. The van der Waals surface area contributed by atoms with Crippen molar-refractivity contribution in [3.8, 4) is 11.5 Å². The van der Waals surface area contributed by atoms with E-state index in [1.165, 1.54) is 5.56 Å². The predicted octanol–water partition coefficient (Wildman–Crippen LogP) is 5.04. The van der Waals surface area contributed by atoms with Gasteiger partial charge in [-0.15, -0.1) is 0 Å². The molecule has 0 fully saturated rings. The Morgan fingerprint density at radius 3 is 2.40 bits per heavy atom. The van der Waals surface area contributed by atoms with E-state index in [-0.39, 0.29) is 11.8 Å². The van der Waals surface area contributed by atoms with Gasteiger partial charge in [0.2, 0.25) is 5.91 Å². The number of ether oxygens (including phenoxy) is 2. The maximum atomic E-state index is 12.8. The van der Waals surface area contributed by atoms with E-state index in [1.54, 1.807) is 14.2 Å². The van der Waals surface area contributed by atoms with Gasteiger partial charge in [0.15, 0.2) is 0 Å². The highest BCUT2D eigenvalue weighted by Crippen LogP contribution is 2.37. The van der Waals surface area contributed by atoms with Crippen molar-refractivity contribution in [2.75, 3.05) is 20.8 Å². The first-order valence-corrected chi connectivity index (χ1v) is 10.5. The molecule has 1 aromatic heterocycles. The summed E-state index contributed by atoms with van der Waals surface area (Å²) in [6.45, 7) is 7.01. The van der Waals surface area contributed by atoms with Crippen LogP contribution in [-0.2, 0) is 11.2 Å². The molecule has 0 radical (unpaired) electrons. The zero-order valence-electron chi connectivity index (χ0n) is 18.5. The van der Waals surface area contributed by atoms with Crippen molar-refractivity contribution in [3.63, 3.8) is 0 Å². The molecule has 0 aliphatic heterocycles. The first-order chi connectivity index (χ1) is 14.5. The fourth-order valence-corrected chi connectivity index (χ4v) is 3.84. The molecule has 1 atom stereocenters. The molecule has 0 aliphatic carbocycles. The highest BCUT2D eigenvalue weighted by Gasteiger charge is 2.23. The monoisotopic (exact) mass is 408 g/mol. The van der Waals surface area contributed by atoms with Crippen LogP contribution in [0.3, 0.4) is 0 Å². The molecule has 0 aliphatic rings. The molecule has 0 saturated carbocycles. The molecule has 2 N–H and O–H groups in total. The van der Waals surface area contributed by atoms with Crippen LogP contribution in [0.1, 0.15) is 49.8 Å². The second-order valence-electron chi connectivity index (χ2n) is 8.04. The minimum Gasteiger partial charge on any atom is -0.497 e. The van der Waals surface area contributed by atoms with E-state index in [9.17, 15) is 4.79 Å². The van der Waals surface area contributed by atoms with Gasteiger partial charge in [-0.05, 0) is 41.2 Å². The van der Waals surface area contributed by atoms with Crippen LogP contribution in [0.5, 0.6) is 11.5 Å². The van der Waals surface area contributed by atoms with Crippen LogP contribution in [-0.4, -0.2) is 31.7 Å². The molecule has 160 valence electrons. The van der Waals surface area contributed by atoms with Crippen molar-refractivity contribution in [3.05, 3.63) is 59.3 Å². The third-order valence-corrected chi connectivity index (χ3v) is 5.46. The van der Waals surface area contributed by atoms with Gasteiger partial charge in [0.25, 0.3) is 0 Å². The molecular weight excluding hydrogens is 376 g/mol. The number of H-pyrrole nitrogens is 1. The minimum atomic E-state index is -0.123. The van der Waals surface area contributed by atoms with Crippen molar-refractivity contribution in [1.82, 2.24) is 10.3 Å². The second kappa shape index (κ2) is 9.70. The largest absolute Gasteiger partial charge is 0.497 e. The Morgan fingerprint density at radius 1 is 1.10 bits per heavy atom. The fourth-order valence-electron chi connectivity index (χ4n) is 3.84. The zero-order chi connectivity index (χ0) is 21.7. The Labute approximate surface area is 178 Å². The minimum absolute atomic E-state index is 0.0384. The average molecular weight is 409 g/mol. The number of rotatable bonds is 9. The van der Waals surface area contributed by atoms with E-state index >= 15 is 0 Å². The Bertz CT molecular complexity index is 985. The molecule has 1 heterocycles. The molecule has 30 heavy (non-hydrogen) atoms. The van der Waals surface area contributed by atoms with E-state index in [0.29, 0.717) is 30.4 Å². The van der Waals surface area contributed by atoms with Gasteiger partial charge in [0.05, 0.1) is 14.2 Å². The Hall–Kier alpha value is -2.95. The highest BCUT2D eigenvalue weighted by molar-refractivity contribution is 5.88. The maximum absolute atomic E-state index is 12.8. The van der Waals surface area contributed by atoms with Gasteiger partial charge < -0.3 is 19.8 Å². The first-order valence-electron chi connectivity index (χ1n) is 10.5. The number of benzene rings is 2. The molecule has 5 nitrogen and oxygen atoms in total. The number of hydrogen-bond donors (Lipinski definition) is 2. The molecule has 3 rings (SSSR count). The summed E-state index contributed by atoms with van der Waals surface area (Å²) in [6, 6.07) is 12.2. The second-order valence-corrected chi connectivity index (χ2v) is 8.04. The fraction of sp³-hybridized carbons (Fsp3) is 0.400. The van der Waals surface area contributed by atoms with Crippen molar-refractivity contribution in [1.29, 1.82) is 0 Å². The lowest BCUT2D eigenvalue weighted by molar-refractivity contribution is -0.121. The summed E-state index contributed by atoms with van der Waals surface area (Å²) in [5.74, 6) is 1.75. The molecule has 1 amide bonds.